The van der Waals surface area contributed by atoms with E-state index in [0.29, 0.717) is 19.6 Å². The summed E-state index contributed by atoms with van der Waals surface area (Å²) >= 11 is 0. The van der Waals surface area contributed by atoms with Crippen LogP contribution >= 0.6 is 0 Å². The molecule has 0 heterocycles. The predicted molar refractivity (Wildman–Crippen MR) is 130 cm³/mol. The van der Waals surface area contributed by atoms with Crippen LogP contribution in [-0.2, 0) is 9.47 Å². The van der Waals surface area contributed by atoms with Crippen LogP contribution in [0.1, 0.15) is 89.5 Å². The van der Waals surface area contributed by atoms with E-state index in [0.717, 1.165) is 13.0 Å². The first-order chi connectivity index (χ1) is 14.0. The molecule has 0 aromatic rings. The first-order valence-corrected chi connectivity index (χ1v) is 11.0. The SMILES string of the molecule is C#C.CC.CC.CC.CC(C)(C)OC(=O)NCCCNCCNC(=O)OC(C)(C)C. The molecule has 0 atom stereocenters. The topological polar surface area (TPSA) is 88.7 Å². The van der Waals surface area contributed by atoms with Crippen LogP contribution in [0.4, 0.5) is 9.59 Å². The summed E-state index contributed by atoms with van der Waals surface area (Å²) in [5, 5.41) is 8.51. The largest absolute Gasteiger partial charge is 0.444 e. The van der Waals surface area contributed by atoms with Crippen molar-refractivity contribution in [3.8, 4) is 12.8 Å². The highest BCUT2D eigenvalue weighted by Gasteiger charge is 2.16. The third-order valence-electron chi connectivity index (χ3n) is 2.17. The van der Waals surface area contributed by atoms with Crippen LogP contribution in [0.5, 0.6) is 0 Å². The molecule has 0 saturated heterocycles. The van der Waals surface area contributed by atoms with Crippen molar-refractivity contribution in [1.29, 1.82) is 0 Å². The van der Waals surface area contributed by atoms with Gasteiger partial charge in [0.1, 0.15) is 11.2 Å². The molecule has 3 N–H and O–H groups in total. The first-order valence-electron chi connectivity index (χ1n) is 11.0. The molecule has 0 saturated carbocycles. The van der Waals surface area contributed by atoms with E-state index < -0.39 is 23.4 Å². The Hall–Kier alpha value is -1.94. The van der Waals surface area contributed by atoms with Crippen LogP contribution in [0.25, 0.3) is 0 Å². The Labute approximate surface area is 187 Å². The normalized spacial score (nSPS) is 9.27. The number of ether oxygens (including phenoxy) is 2. The number of carbonyl (C=O) groups excluding carboxylic acids is 2. The Morgan fingerprint density at radius 3 is 1.30 bits per heavy atom. The second kappa shape index (κ2) is 27.1. The molecule has 30 heavy (non-hydrogen) atoms. The summed E-state index contributed by atoms with van der Waals surface area (Å²) < 4.78 is 10.2. The van der Waals surface area contributed by atoms with Gasteiger partial charge in [0.15, 0.2) is 0 Å². The monoisotopic (exact) mass is 433 g/mol. The highest BCUT2D eigenvalue weighted by atomic mass is 16.6. The van der Waals surface area contributed by atoms with Crippen molar-refractivity contribution < 1.29 is 19.1 Å². The lowest BCUT2D eigenvalue weighted by Crippen LogP contribution is -2.37. The lowest BCUT2D eigenvalue weighted by Gasteiger charge is -2.20. The summed E-state index contributed by atoms with van der Waals surface area (Å²) in [4.78, 5) is 22.7. The summed E-state index contributed by atoms with van der Waals surface area (Å²) in [7, 11) is 0. The van der Waals surface area contributed by atoms with Crippen molar-refractivity contribution in [2.45, 2.75) is 101 Å². The van der Waals surface area contributed by atoms with Gasteiger partial charge in [-0.25, -0.2) is 9.59 Å². The molecule has 182 valence electrons. The minimum absolute atomic E-state index is 0.404. The van der Waals surface area contributed by atoms with Crippen molar-refractivity contribution in [2.75, 3.05) is 26.2 Å². The highest BCUT2D eigenvalue weighted by molar-refractivity contribution is 5.67. The lowest BCUT2D eigenvalue weighted by atomic mass is 10.2. The van der Waals surface area contributed by atoms with Crippen LogP contribution in [-0.4, -0.2) is 49.6 Å². The molecule has 7 heteroatoms. The number of rotatable bonds is 7. The maximum atomic E-state index is 11.4. The predicted octanol–water partition coefficient (Wildman–Crippen LogP) is 5.34. The second-order valence-electron chi connectivity index (χ2n) is 6.96. The third-order valence-corrected chi connectivity index (χ3v) is 2.17. The molecule has 0 aliphatic carbocycles. The smallest absolute Gasteiger partial charge is 0.407 e. The van der Waals surface area contributed by atoms with E-state index in [4.69, 9.17) is 9.47 Å². The summed E-state index contributed by atoms with van der Waals surface area (Å²) in [5.74, 6) is 0. The van der Waals surface area contributed by atoms with E-state index >= 15 is 0 Å². The van der Waals surface area contributed by atoms with Gasteiger partial charge in [0, 0.05) is 19.6 Å². The molecule has 0 fully saturated rings. The van der Waals surface area contributed by atoms with E-state index in [2.05, 4.69) is 28.8 Å². The summed E-state index contributed by atoms with van der Waals surface area (Å²) in [5.41, 5.74) is -0.958. The number of hydrogen-bond acceptors (Lipinski definition) is 5. The molecule has 0 bridgehead atoms. The number of carbonyl (C=O) groups is 2. The minimum Gasteiger partial charge on any atom is -0.444 e. The van der Waals surface area contributed by atoms with Gasteiger partial charge in [0.05, 0.1) is 0 Å². The molecular formula is C23H51N3O4. The average molecular weight is 434 g/mol. The molecule has 0 aromatic carbocycles. The fourth-order valence-electron chi connectivity index (χ4n) is 1.41. The zero-order valence-corrected chi connectivity index (χ0v) is 21.8. The first kappa shape index (κ1) is 38.6. The standard InChI is InChI=1S/C15H31N3O4.3C2H6.C2H2/c1-14(2,3)21-12(19)17-9-7-8-16-10-11-18-13(20)22-15(4,5)6;4*1-2/h16H,7-11H2,1-6H3,(H,17,19)(H,18,20);3*1-2H3;1-2H. The van der Waals surface area contributed by atoms with Gasteiger partial charge in [-0.2, -0.15) is 0 Å². The maximum absolute atomic E-state index is 11.4. The minimum atomic E-state index is -0.481. The second-order valence-corrected chi connectivity index (χ2v) is 6.96. The Kier molecular flexibility index (Phi) is 34.9. The van der Waals surface area contributed by atoms with Crippen LogP contribution in [0.2, 0.25) is 0 Å². The molecule has 0 unspecified atom stereocenters. The Balaban J connectivity index is -0.000000231. The van der Waals surface area contributed by atoms with Gasteiger partial charge < -0.3 is 25.4 Å². The Bertz CT molecular complexity index is 350. The quantitative estimate of drug-likeness (QED) is 0.372. The fraction of sp³-hybridized carbons (Fsp3) is 0.826. The summed E-state index contributed by atoms with van der Waals surface area (Å²) in [6, 6.07) is 0. The van der Waals surface area contributed by atoms with E-state index in [-0.39, 0.29) is 0 Å². The molecule has 0 aliphatic heterocycles. The molecular weight excluding hydrogens is 382 g/mol. The number of terminal acetylenes is 1. The van der Waals surface area contributed by atoms with Gasteiger partial charge in [-0.15, -0.1) is 12.8 Å². The molecule has 0 aliphatic rings. The lowest BCUT2D eigenvalue weighted by molar-refractivity contribution is 0.0514. The van der Waals surface area contributed by atoms with Crippen LogP contribution in [0.15, 0.2) is 0 Å². The highest BCUT2D eigenvalue weighted by Crippen LogP contribution is 2.06. The van der Waals surface area contributed by atoms with Gasteiger partial charge in [-0.05, 0) is 54.5 Å². The molecule has 0 rings (SSSR count). The van der Waals surface area contributed by atoms with E-state index in [9.17, 15) is 9.59 Å². The van der Waals surface area contributed by atoms with Crippen molar-refractivity contribution in [3.05, 3.63) is 0 Å². The maximum Gasteiger partial charge on any atom is 0.407 e. The number of amides is 2. The van der Waals surface area contributed by atoms with Gasteiger partial charge in [-0.1, -0.05) is 41.5 Å². The Morgan fingerprint density at radius 1 is 0.633 bits per heavy atom. The zero-order chi connectivity index (χ0) is 25.2. The summed E-state index contributed by atoms with van der Waals surface area (Å²) in [6.45, 7) is 25.4. The fourth-order valence-corrected chi connectivity index (χ4v) is 1.41. The van der Waals surface area contributed by atoms with E-state index in [1.807, 2.05) is 83.1 Å². The van der Waals surface area contributed by atoms with Crippen LogP contribution in [0.3, 0.4) is 0 Å². The Morgan fingerprint density at radius 2 is 0.967 bits per heavy atom. The van der Waals surface area contributed by atoms with Crippen LogP contribution < -0.4 is 16.0 Å². The van der Waals surface area contributed by atoms with Gasteiger partial charge in [0.2, 0.25) is 0 Å². The van der Waals surface area contributed by atoms with Crippen molar-refractivity contribution >= 4 is 12.2 Å². The molecule has 2 amide bonds. The van der Waals surface area contributed by atoms with Gasteiger partial charge in [-0.3, -0.25) is 0 Å². The zero-order valence-electron chi connectivity index (χ0n) is 21.8. The average Bonchev–Trinajstić information content (AvgIpc) is 2.67. The number of alkyl carbamates (subject to hydrolysis) is 2. The summed E-state index contributed by atoms with van der Waals surface area (Å²) in [6.07, 6.45) is 7.96. The van der Waals surface area contributed by atoms with Crippen molar-refractivity contribution in [1.82, 2.24) is 16.0 Å². The number of nitrogens with one attached hydrogen (secondary N) is 3. The van der Waals surface area contributed by atoms with Gasteiger partial charge in [0.25, 0.3) is 0 Å². The molecule has 7 nitrogen and oxygen atoms in total. The number of hydrogen-bond donors (Lipinski definition) is 3. The molecule has 0 aromatic heterocycles. The molecule has 0 spiro atoms. The van der Waals surface area contributed by atoms with Gasteiger partial charge >= 0.3 is 12.2 Å². The molecule has 0 radical (unpaired) electrons. The van der Waals surface area contributed by atoms with Crippen molar-refractivity contribution in [2.24, 2.45) is 0 Å². The third kappa shape index (κ3) is 45.0. The van der Waals surface area contributed by atoms with E-state index in [1.165, 1.54) is 0 Å². The van der Waals surface area contributed by atoms with Crippen molar-refractivity contribution in [3.63, 3.8) is 0 Å². The van der Waals surface area contributed by atoms with Crippen LogP contribution in [0, 0.1) is 12.8 Å². The van der Waals surface area contributed by atoms with E-state index in [1.54, 1.807) is 0 Å².